The van der Waals surface area contributed by atoms with E-state index in [2.05, 4.69) is 5.32 Å². The molecule has 0 aromatic heterocycles. The van der Waals surface area contributed by atoms with Gasteiger partial charge in [-0.15, -0.1) is 0 Å². The van der Waals surface area contributed by atoms with E-state index in [0.29, 0.717) is 0 Å². The van der Waals surface area contributed by atoms with Gasteiger partial charge in [-0.25, -0.2) is 0 Å². The van der Waals surface area contributed by atoms with E-state index in [1.54, 1.807) is 6.92 Å². The summed E-state index contributed by atoms with van der Waals surface area (Å²) in [6, 6.07) is 0. The van der Waals surface area contributed by atoms with Gasteiger partial charge in [-0.2, -0.15) is 13.2 Å². The lowest BCUT2D eigenvalue weighted by molar-refractivity contribution is -0.129. The molecule has 0 amide bonds. The summed E-state index contributed by atoms with van der Waals surface area (Å²) in [5, 5.41) is 2.09. The highest BCUT2D eigenvalue weighted by molar-refractivity contribution is 5.82. The molecule has 0 radical (unpaired) electrons. The lowest BCUT2D eigenvalue weighted by Crippen LogP contribution is -2.34. The minimum atomic E-state index is -4.24. The Labute approximate surface area is 81.9 Å². The van der Waals surface area contributed by atoms with Crippen molar-refractivity contribution in [2.75, 3.05) is 13.1 Å². The van der Waals surface area contributed by atoms with E-state index in [0.717, 1.165) is 12.8 Å². The number of rotatable bonds is 6. The Morgan fingerprint density at radius 1 is 1.43 bits per heavy atom. The van der Waals surface area contributed by atoms with Gasteiger partial charge < -0.3 is 5.32 Å². The molecule has 0 saturated carbocycles. The summed E-state index contributed by atoms with van der Waals surface area (Å²) in [5.41, 5.74) is 0. The van der Waals surface area contributed by atoms with E-state index >= 15 is 0 Å². The van der Waals surface area contributed by atoms with Crippen molar-refractivity contribution in [3.63, 3.8) is 0 Å². The third-order valence-electron chi connectivity index (χ3n) is 1.90. The predicted molar refractivity (Wildman–Crippen MR) is 48.0 cm³/mol. The molecule has 0 heterocycles. The SMILES string of the molecule is CCCC(C)C(=O)CNCC(F)(F)F. The average molecular weight is 211 g/mol. The number of halogens is 3. The van der Waals surface area contributed by atoms with Crippen LogP contribution in [0.4, 0.5) is 13.2 Å². The zero-order valence-electron chi connectivity index (χ0n) is 8.45. The second-order valence-electron chi connectivity index (χ2n) is 3.37. The minimum Gasteiger partial charge on any atom is -0.302 e. The largest absolute Gasteiger partial charge is 0.401 e. The smallest absolute Gasteiger partial charge is 0.302 e. The number of hydrogen-bond donors (Lipinski definition) is 1. The van der Waals surface area contributed by atoms with Gasteiger partial charge in [-0.3, -0.25) is 4.79 Å². The molecule has 0 rings (SSSR count). The van der Waals surface area contributed by atoms with Crippen molar-refractivity contribution in [3.8, 4) is 0 Å². The highest BCUT2D eigenvalue weighted by Gasteiger charge is 2.26. The number of alkyl halides is 3. The highest BCUT2D eigenvalue weighted by Crippen LogP contribution is 2.12. The van der Waals surface area contributed by atoms with Crippen LogP contribution in [0.1, 0.15) is 26.7 Å². The summed E-state index contributed by atoms with van der Waals surface area (Å²) in [6.07, 6.45) is -2.65. The Kier molecular flexibility index (Phi) is 5.76. The van der Waals surface area contributed by atoms with Gasteiger partial charge in [0.05, 0.1) is 13.1 Å². The molecule has 84 valence electrons. The van der Waals surface area contributed by atoms with Crippen molar-refractivity contribution in [3.05, 3.63) is 0 Å². The van der Waals surface area contributed by atoms with Crippen LogP contribution >= 0.6 is 0 Å². The summed E-state index contributed by atoms with van der Waals surface area (Å²) < 4.78 is 35.0. The molecular formula is C9H16F3NO. The molecule has 0 bridgehead atoms. The molecule has 0 saturated heterocycles. The maximum absolute atomic E-state index is 11.7. The Morgan fingerprint density at radius 2 is 2.00 bits per heavy atom. The van der Waals surface area contributed by atoms with E-state index in [-0.39, 0.29) is 18.2 Å². The van der Waals surface area contributed by atoms with Crippen molar-refractivity contribution >= 4 is 5.78 Å². The van der Waals surface area contributed by atoms with Crippen LogP contribution in [-0.4, -0.2) is 25.0 Å². The first-order valence-electron chi connectivity index (χ1n) is 4.67. The van der Waals surface area contributed by atoms with Gasteiger partial charge in [0, 0.05) is 5.92 Å². The first kappa shape index (κ1) is 13.4. The third-order valence-corrected chi connectivity index (χ3v) is 1.90. The quantitative estimate of drug-likeness (QED) is 0.729. The summed E-state index contributed by atoms with van der Waals surface area (Å²) in [4.78, 5) is 11.2. The molecule has 0 fully saturated rings. The fraction of sp³-hybridized carbons (Fsp3) is 0.889. The van der Waals surface area contributed by atoms with Crippen molar-refractivity contribution in [1.29, 1.82) is 0 Å². The fourth-order valence-electron chi connectivity index (χ4n) is 1.10. The Bertz CT molecular complexity index is 179. The third kappa shape index (κ3) is 6.88. The zero-order chi connectivity index (χ0) is 11.2. The van der Waals surface area contributed by atoms with Gasteiger partial charge in [-0.1, -0.05) is 20.3 Å². The van der Waals surface area contributed by atoms with E-state index in [1.165, 1.54) is 0 Å². The van der Waals surface area contributed by atoms with Gasteiger partial charge in [0.2, 0.25) is 0 Å². The molecule has 0 aliphatic rings. The van der Waals surface area contributed by atoms with Crippen molar-refractivity contribution in [1.82, 2.24) is 5.32 Å². The normalized spacial score (nSPS) is 14.1. The van der Waals surface area contributed by atoms with Gasteiger partial charge >= 0.3 is 6.18 Å². The Balaban J connectivity index is 3.64. The minimum absolute atomic E-state index is 0.152. The molecule has 1 unspecified atom stereocenters. The number of carbonyl (C=O) groups is 1. The molecule has 1 atom stereocenters. The molecule has 0 aromatic rings. The summed E-state index contributed by atoms with van der Waals surface area (Å²) in [7, 11) is 0. The molecule has 1 N–H and O–H groups in total. The van der Waals surface area contributed by atoms with Crippen LogP contribution in [0, 0.1) is 5.92 Å². The first-order chi connectivity index (χ1) is 6.37. The van der Waals surface area contributed by atoms with E-state index < -0.39 is 12.7 Å². The second kappa shape index (κ2) is 6.01. The first-order valence-corrected chi connectivity index (χ1v) is 4.67. The van der Waals surface area contributed by atoms with E-state index in [1.807, 2.05) is 6.92 Å². The Morgan fingerprint density at radius 3 is 2.43 bits per heavy atom. The maximum Gasteiger partial charge on any atom is 0.401 e. The highest BCUT2D eigenvalue weighted by atomic mass is 19.4. The predicted octanol–water partition coefficient (Wildman–Crippen LogP) is 2.14. The zero-order valence-corrected chi connectivity index (χ0v) is 8.45. The second-order valence-corrected chi connectivity index (χ2v) is 3.37. The topological polar surface area (TPSA) is 29.1 Å². The monoisotopic (exact) mass is 211 g/mol. The van der Waals surface area contributed by atoms with Gasteiger partial charge in [0.1, 0.15) is 5.78 Å². The molecule has 5 heteroatoms. The number of hydrogen-bond acceptors (Lipinski definition) is 2. The number of nitrogens with one attached hydrogen (secondary N) is 1. The average Bonchev–Trinajstić information content (AvgIpc) is 2.02. The molecule has 0 aliphatic carbocycles. The molecule has 2 nitrogen and oxygen atoms in total. The molecular weight excluding hydrogens is 195 g/mol. The van der Waals surface area contributed by atoms with Crippen LogP contribution in [0.15, 0.2) is 0 Å². The number of Topliss-reactive ketones (excluding diaryl/α,β-unsaturated/α-hetero) is 1. The summed E-state index contributed by atoms with van der Waals surface area (Å²) in [6.45, 7) is 2.38. The lowest BCUT2D eigenvalue weighted by atomic mass is 10.0. The van der Waals surface area contributed by atoms with Gasteiger partial charge in [0.15, 0.2) is 0 Å². The van der Waals surface area contributed by atoms with Crippen molar-refractivity contribution < 1.29 is 18.0 Å². The van der Waals surface area contributed by atoms with Crippen LogP contribution in [0.3, 0.4) is 0 Å². The molecule has 14 heavy (non-hydrogen) atoms. The maximum atomic E-state index is 11.7. The number of ketones is 1. The standard InChI is InChI=1S/C9H16F3NO/c1-3-4-7(2)8(14)5-13-6-9(10,11)12/h7,13H,3-6H2,1-2H3. The summed E-state index contributed by atoms with van der Waals surface area (Å²) >= 11 is 0. The van der Waals surface area contributed by atoms with Gasteiger partial charge in [-0.05, 0) is 6.42 Å². The van der Waals surface area contributed by atoms with Gasteiger partial charge in [0.25, 0.3) is 0 Å². The van der Waals surface area contributed by atoms with Crippen LogP contribution < -0.4 is 5.32 Å². The summed E-state index contributed by atoms with van der Waals surface area (Å²) in [5.74, 6) is -0.308. The van der Waals surface area contributed by atoms with Crippen LogP contribution in [-0.2, 0) is 4.79 Å². The van der Waals surface area contributed by atoms with Crippen LogP contribution in [0.5, 0.6) is 0 Å². The van der Waals surface area contributed by atoms with E-state index in [4.69, 9.17) is 0 Å². The van der Waals surface area contributed by atoms with Crippen LogP contribution in [0.25, 0.3) is 0 Å². The molecule has 0 aliphatic heterocycles. The lowest BCUT2D eigenvalue weighted by Gasteiger charge is -2.11. The van der Waals surface area contributed by atoms with E-state index in [9.17, 15) is 18.0 Å². The fourth-order valence-corrected chi connectivity index (χ4v) is 1.10. The van der Waals surface area contributed by atoms with Crippen LogP contribution in [0.2, 0.25) is 0 Å². The van der Waals surface area contributed by atoms with Crippen molar-refractivity contribution in [2.24, 2.45) is 5.92 Å². The molecule has 0 spiro atoms. The molecule has 0 aromatic carbocycles. The number of carbonyl (C=O) groups excluding carboxylic acids is 1. The van der Waals surface area contributed by atoms with Crippen molar-refractivity contribution in [2.45, 2.75) is 32.9 Å². The Hall–Kier alpha value is -0.580.